The van der Waals surface area contributed by atoms with Crippen LogP contribution in [0.1, 0.15) is 27.5 Å². The predicted molar refractivity (Wildman–Crippen MR) is 113 cm³/mol. The maximum atomic E-state index is 14.4. The van der Waals surface area contributed by atoms with E-state index >= 15 is 0 Å². The number of aromatic nitrogens is 2. The first-order valence-electron chi connectivity index (χ1n) is 10.3. The van der Waals surface area contributed by atoms with Gasteiger partial charge in [0.2, 0.25) is 0 Å². The number of anilines is 1. The molecule has 5 rings (SSSR count). The third-order valence-corrected chi connectivity index (χ3v) is 6.38. The number of carbonyl (C=O) groups excluding carboxylic acids is 1. The van der Waals surface area contributed by atoms with Gasteiger partial charge < -0.3 is 9.80 Å². The summed E-state index contributed by atoms with van der Waals surface area (Å²) in [6.45, 7) is 4.09. The lowest BCUT2D eigenvalue weighted by atomic mass is 9.87. The van der Waals surface area contributed by atoms with Gasteiger partial charge >= 0.3 is 0 Å². The Balaban J connectivity index is 1.50. The fourth-order valence-electron chi connectivity index (χ4n) is 5.01. The minimum Gasteiger partial charge on any atom is -0.353 e. The van der Waals surface area contributed by atoms with Crippen molar-refractivity contribution in [1.29, 1.82) is 0 Å². The van der Waals surface area contributed by atoms with Gasteiger partial charge in [-0.1, -0.05) is 24.3 Å². The van der Waals surface area contributed by atoms with Gasteiger partial charge in [-0.25, -0.2) is 9.37 Å². The highest BCUT2D eigenvalue weighted by molar-refractivity contribution is 5.94. The highest BCUT2D eigenvalue weighted by Gasteiger charge is 2.50. The second-order valence-corrected chi connectivity index (χ2v) is 8.14. The van der Waals surface area contributed by atoms with Crippen LogP contribution in [0.4, 0.5) is 10.2 Å². The van der Waals surface area contributed by atoms with Crippen molar-refractivity contribution in [2.75, 3.05) is 24.5 Å². The number of benzene rings is 1. The summed E-state index contributed by atoms with van der Waals surface area (Å²) in [6, 6.07) is 14.8. The molecule has 1 amide bonds. The molecule has 0 aliphatic carbocycles. The summed E-state index contributed by atoms with van der Waals surface area (Å²) in [5, 5.41) is 0. The maximum absolute atomic E-state index is 14.4. The summed E-state index contributed by atoms with van der Waals surface area (Å²) >= 11 is 0. The van der Waals surface area contributed by atoms with E-state index in [1.165, 1.54) is 6.07 Å². The van der Waals surface area contributed by atoms with E-state index < -0.39 is 0 Å². The third-order valence-electron chi connectivity index (χ3n) is 6.38. The van der Waals surface area contributed by atoms with Crippen molar-refractivity contribution in [1.82, 2.24) is 14.9 Å². The van der Waals surface area contributed by atoms with E-state index in [9.17, 15) is 9.18 Å². The normalized spacial score (nSPS) is 22.9. The number of fused-ring (bicyclic) bond motifs is 1. The molecule has 4 heterocycles. The minimum atomic E-state index is -0.298. The lowest BCUT2D eigenvalue weighted by Gasteiger charge is -2.31. The van der Waals surface area contributed by atoms with Gasteiger partial charge in [0.15, 0.2) is 11.6 Å². The molecule has 0 N–H and O–H groups in total. The highest BCUT2D eigenvalue weighted by atomic mass is 19.1. The van der Waals surface area contributed by atoms with E-state index in [-0.39, 0.29) is 29.6 Å². The topological polar surface area (TPSA) is 49.3 Å². The van der Waals surface area contributed by atoms with Crippen molar-refractivity contribution >= 4 is 11.7 Å². The van der Waals surface area contributed by atoms with Crippen LogP contribution in [-0.2, 0) is 0 Å². The van der Waals surface area contributed by atoms with Crippen LogP contribution >= 0.6 is 0 Å². The molecule has 1 aromatic carbocycles. The number of hydrogen-bond acceptors (Lipinski definition) is 4. The van der Waals surface area contributed by atoms with E-state index in [0.29, 0.717) is 31.0 Å². The molecule has 0 radical (unpaired) electrons. The van der Waals surface area contributed by atoms with Crippen molar-refractivity contribution in [3.8, 4) is 0 Å². The summed E-state index contributed by atoms with van der Waals surface area (Å²) < 4.78 is 14.4. The molecule has 2 aromatic heterocycles. The molecular formula is C24H23FN4O. The van der Waals surface area contributed by atoms with Crippen LogP contribution in [0.5, 0.6) is 0 Å². The number of likely N-dealkylation sites (tertiary alicyclic amines) is 1. The second-order valence-electron chi connectivity index (χ2n) is 8.14. The largest absolute Gasteiger partial charge is 0.353 e. The smallest absolute Gasteiger partial charge is 0.255 e. The van der Waals surface area contributed by atoms with Crippen molar-refractivity contribution in [2.45, 2.75) is 13.0 Å². The monoisotopic (exact) mass is 402 g/mol. The Kier molecular flexibility index (Phi) is 4.69. The first-order valence-corrected chi connectivity index (χ1v) is 10.3. The molecule has 2 saturated heterocycles. The Hall–Kier alpha value is -3.28. The van der Waals surface area contributed by atoms with Gasteiger partial charge in [0, 0.05) is 50.1 Å². The number of rotatable bonds is 3. The minimum absolute atomic E-state index is 0.00122. The summed E-state index contributed by atoms with van der Waals surface area (Å²) in [6.07, 6.45) is 4.93. The van der Waals surface area contributed by atoms with E-state index in [1.54, 1.807) is 30.7 Å². The van der Waals surface area contributed by atoms with Gasteiger partial charge in [-0.3, -0.25) is 9.78 Å². The Morgan fingerprint density at radius 3 is 2.63 bits per heavy atom. The van der Waals surface area contributed by atoms with Crippen LogP contribution in [0.25, 0.3) is 0 Å². The zero-order valence-electron chi connectivity index (χ0n) is 16.8. The fourth-order valence-corrected chi connectivity index (χ4v) is 5.01. The molecule has 0 saturated carbocycles. The van der Waals surface area contributed by atoms with Crippen LogP contribution in [0.15, 0.2) is 67.1 Å². The molecule has 3 aromatic rings. The van der Waals surface area contributed by atoms with Gasteiger partial charge in [0.25, 0.3) is 5.91 Å². The molecule has 2 aliphatic rings. The molecule has 3 atom stereocenters. The van der Waals surface area contributed by atoms with Crippen LogP contribution in [0, 0.1) is 24.6 Å². The molecule has 0 unspecified atom stereocenters. The van der Waals surface area contributed by atoms with Gasteiger partial charge in [-0.15, -0.1) is 0 Å². The van der Waals surface area contributed by atoms with Gasteiger partial charge in [0.05, 0.1) is 11.6 Å². The van der Waals surface area contributed by atoms with Crippen LogP contribution in [-0.4, -0.2) is 40.4 Å². The number of aryl methyl sites for hydroxylation is 1. The zero-order chi connectivity index (χ0) is 20.7. The van der Waals surface area contributed by atoms with Crippen LogP contribution in [0.2, 0.25) is 0 Å². The molecule has 2 aliphatic heterocycles. The van der Waals surface area contributed by atoms with Crippen molar-refractivity contribution in [2.24, 2.45) is 11.8 Å². The molecular weight excluding hydrogens is 379 g/mol. The number of halogens is 1. The first kappa shape index (κ1) is 18.7. The van der Waals surface area contributed by atoms with E-state index in [0.717, 1.165) is 11.1 Å². The maximum Gasteiger partial charge on any atom is 0.255 e. The number of carbonyl (C=O) groups is 1. The quantitative estimate of drug-likeness (QED) is 0.667. The van der Waals surface area contributed by atoms with Crippen molar-refractivity contribution in [3.05, 3.63) is 89.6 Å². The summed E-state index contributed by atoms with van der Waals surface area (Å²) in [4.78, 5) is 25.8. The van der Waals surface area contributed by atoms with Crippen molar-refractivity contribution < 1.29 is 9.18 Å². The molecule has 2 fully saturated rings. The number of nitrogens with zero attached hydrogens (tertiary/aromatic N) is 4. The van der Waals surface area contributed by atoms with Crippen LogP contribution in [0.3, 0.4) is 0 Å². The average Bonchev–Trinajstić information content (AvgIpc) is 3.33. The second kappa shape index (κ2) is 7.52. The molecule has 5 nitrogen and oxygen atoms in total. The van der Waals surface area contributed by atoms with Gasteiger partial charge in [0.1, 0.15) is 0 Å². The third kappa shape index (κ3) is 3.12. The van der Waals surface area contributed by atoms with E-state index in [2.05, 4.69) is 29.0 Å². The highest BCUT2D eigenvalue weighted by Crippen LogP contribution is 2.47. The molecule has 30 heavy (non-hydrogen) atoms. The van der Waals surface area contributed by atoms with Gasteiger partial charge in [-0.05, 0) is 42.3 Å². The Labute approximate surface area is 175 Å². The van der Waals surface area contributed by atoms with Gasteiger partial charge in [-0.2, -0.15) is 0 Å². The SMILES string of the molecule is Cc1ccccc1[C@@H]1[C@H]2CN(c3ncccc3F)C[C@H]2CN1C(=O)c1cccnc1. The number of amides is 1. The lowest BCUT2D eigenvalue weighted by Crippen LogP contribution is -2.36. The molecule has 0 spiro atoms. The molecule has 6 heteroatoms. The van der Waals surface area contributed by atoms with E-state index in [4.69, 9.17) is 0 Å². The fraction of sp³-hybridized carbons (Fsp3) is 0.292. The number of hydrogen-bond donors (Lipinski definition) is 0. The lowest BCUT2D eigenvalue weighted by molar-refractivity contribution is 0.0714. The summed E-state index contributed by atoms with van der Waals surface area (Å²) in [5.74, 6) is 0.583. The molecule has 0 bridgehead atoms. The Morgan fingerprint density at radius 1 is 1.03 bits per heavy atom. The Morgan fingerprint density at radius 2 is 1.87 bits per heavy atom. The predicted octanol–water partition coefficient (Wildman–Crippen LogP) is 3.87. The number of pyridine rings is 2. The first-order chi connectivity index (χ1) is 14.6. The summed E-state index contributed by atoms with van der Waals surface area (Å²) in [5.41, 5.74) is 2.92. The summed E-state index contributed by atoms with van der Waals surface area (Å²) in [7, 11) is 0. The standard InChI is InChI=1S/C24H23FN4O/c1-16-6-2-3-8-19(16)22-20-15-28(23-21(25)9-5-11-27-23)13-18(20)14-29(22)24(30)17-7-4-10-26-12-17/h2-12,18,20,22H,13-15H2,1H3/t18-,20-,22+/m0/s1. The van der Waals surface area contributed by atoms with E-state index in [1.807, 2.05) is 28.0 Å². The Bertz CT molecular complexity index is 1070. The molecule has 152 valence electrons. The van der Waals surface area contributed by atoms with Crippen LogP contribution < -0.4 is 4.90 Å². The zero-order valence-corrected chi connectivity index (χ0v) is 16.8. The van der Waals surface area contributed by atoms with Crippen molar-refractivity contribution in [3.63, 3.8) is 0 Å². The average molecular weight is 402 g/mol.